The zero-order valence-electron chi connectivity index (χ0n) is 6.19. The second-order valence-electron chi connectivity index (χ2n) is 1.92. The van der Waals surface area contributed by atoms with E-state index in [-0.39, 0.29) is 25.6 Å². The predicted molar refractivity (Wildman–Crippen MR) is 43.1 cm³/mol. The maximum atomic E-state index is 9.97. The van der Waals surface area contributed by atoms with Crippen LogP contribution in [0.4, 0.5) is 0 Å². The fraction of sp³-hybridized carbons (Fsp3) is 0.333. The third kappa shape index (κ3) is 3.95. The predicted octanol–water partition coefficient (Wildman–Crippen LogP) is 0.433. The lowest BCUT2D eigenvalue weighted by atomic mass is 10.6. The van der Waals surface area contributed by atoms with E-state index in [4.69, 9.17) is 9.84 Å². The molecule has 12 heavy (non-hydrogen) atoms. The SMILES string of the molecule is Cl.O=C(O)COCc1ncc[nH]1. The summed E-state index contributed by atoms with van der Waals surface area (Å²) >= 11 is 0. The number of carboxylic acid groups (broad SMARTS) is 1. The molecule has 0 saturated carbocycles. The molecule has 0 aliphatic rings. The lowest BCUT2D eigenvalue weighted by Gasteiger charge is -1.95. The molecular formula is C6H9ClN2O3. The standard InChI is InChI=1S/C6H8N2O3.ClH/c9-6(10)4-11-3-5-7-1-2-8-5;/h1-2H,3-4H2,(H,7,8)(H,9,10);1H. The molecular weight excluding hydrogens is 184 g/mol. The molecule has 0 radical (unpaired) electrons. The van der Waals surface area contributed by atoms with E-state index in [1.54, 1.807) is 12.4 Å². The normalized spacial score (nSPS) is 9.00. The molecule has 0 unspecified atom stereocenters. The number of carboxylic acids is 1. The Morgan fingerprint density at radius 2 is 2.50 bits per heavy atom. The van der Waals surface area contributed by atoms with Crippen molar-refractivity contribution in [2.24, 2.45) is 0 Å². The van der Waals surface area contributed by atoms with Gasteiger partial charge in [0.15, 0.2) is 0 Å². The van der Waals surface area contributed by atoms with E-state index in [0.717, 1.165) is 0 Å². The molecule has 1 aromatic heterocycles. The van der Waals surface area contributed by atoms with Crippen LogP contribution in [0.1, 0.15) is 5.82 Å². The summed E-state index contributed by atoms with van der Waals surface area (Å²) in [5.41, 5.74) is 0. The van der Waals surface area contributed by atoms with Crippen molar-refractivity contribution < 1.29 is 14.6 Å². The number of nitrogens with one attached hydrogen (secondary N) is 1. The molecule has 0 aromatic carbocycles. The average Bonchev–Trinajstić information content (AvgIpc) is 2.39. The highest BCUT2D eigenvalue weighted by Crippen LogP contribution is 1.90. The van der Waals surface area contributed by atoms with E-state index in [9.17, 15) is 4.79 Å². The number of ether oxygens (including phenoxy) is 1. The van der Waals surface area contributed by atoms with Crippen molar-refractivity contribution in [3.05, 3.63) is 18.2 Å². The topological polar surface area (TPSA) is 75.2 Å². The third-order valence-corrected chi connectivity index (χ3v) is 1.02. The van der Waals surface area contributed by atoms with Gasteiger partial charge in [-0.15, -0.1) is 12.4 Å². The minimum atomic E-state index is -0.975. The van der Waals surface area contributed by atoms with Crippen LogP contribution in [-0.2, 0) is 16.1 Å². The molecule has 0 bridgehead atoms. The Bertz CT molecular complexity index is 225. The highest BCUT2D eigenvalue weighted by atomic mass is 35.5. The highest BCUT2D eigenvalue weighted by molar-refractivity contribution is 5.85. The number of hydrogen-bond donors (Lipinski definition) is 2. The van der Waals surface area contributed by atoms with Crippen molar-refractivity contribution in [3.8, 4) is 0 Å². The summed E-state index contributed by atoms with van der Waals surface area (Å²) in [7, 11) is 0. The van der Waals surface area contributed by atoms with Crippen molar-refractivity contribution in [1.82, 2.24) is 9.97 Å². The molecule has 5 nitrogen and oxygen atoms in total. The van der Waals surface area contributed by atoms with Gasteiger partial charge in [-0.1, -0.05) is 0 Å². The fourth-order valence-electron chi connectivity index (χ4n) is 0.612. The maximum absolute atomic E-state index is 9.97. The summed E-state index contributed by atoms with van der Waals surface area (Å²) in [5, 5.41) is 8.19. The van der Waals surface area contributed by atoms with E-state index in [0.29, 0.717) is 5.82 Å². The summed E-state index contributed by atoms with van der Waals surface area (Å²) in [6, 6.07) is 0. The molecule has 68 valence electrons. The zero-order valence-corrected chi connectivity index (χ0v) is 7.00. The van der Waals surface area contributed by atoms with Crippen molar-refractivity contribution in [2.45, 2.75) is 6.61 Å². The number of aromatic nitrogens is 2. The van der Waals surface area contributed by atoms with Crippen LogP contribution in [0.25, 0.3) is 0 Å². The van der Waals surface area contributed by atoms with Crippen LogP contribution in [0, 0.1) is 0 Å². The molecule has 0 spiro atoms. The number of imidazole rings is 1. The van der Waals surface area contributed by atoms with Gasteiger partial charge in [0.05, 0.1) is 0 Å². The molecule has 1 rings (SSSR count). The molecule has 0 saturated heterocycles. The van der Waals surface area contributed by atoms with Gasteiger partial charge in [-0.3, -0.25) is 0 Å². The number of hydrogen-bond acceptors (Lipinski definition) is 3. The minimum Gasteiger partial charge on any atom is -0.480 e. The van der Waals surface area contributed by atoms with Gasteiger partial charge in [0.2, 0.25) is 0 Å². The van der Waals surface area contributed by atoms with Gasteiger partial charge < -0.3 is 14.8 Å². The number of nitrogens with zero attached hydrogens (tertiary/aromatic N) is 1. The second kappa shape index (κ2) is 5.56. The largest absolute Gasteiger partial charge is 0.480 e. The first-order valence-corrected chi connectivity index (χ1v) is 3.07. The van der Waals surface area contributed by atoms with Crippen LogP contribution in [0.2, 0.25) is 0 Å². The monoisotopic (exact) mass is 192 g/mol. The van der Waals surface area contributed by atoms with Crippen LogP contribution in [0.5, 0.6) is 0 Å². The molecule has 0 atom stereocenters. The van der Waals surface area contributed by atoms with E-state index < -0.39 is 5.97 Å². The Hall–Kier alpha value is -1.07. The third-order valence-electron chi connectivity index (χ3n) is 1.02. The Morgan fingerprint density at radius 1 is 1.75 bits per heavy atom. The van der Waals surface area contributed by atoms with Gasteiger partial charge in [0.1, 0.15) is 19.0 Å². The van der Waals surface area contributed by atoms with E-state index in [2.05, 4.69) is 9.97 Å². The molecule has 0 aliphatic heterocycles. The zero-order chi connectivity index (χ0) is 8.10. The van der Waals surface area contributed by atoms with Gasteiger partial charge in [-0.2, -0.15) is 0 Å². The second-order valence-corrected chi connectivity index (χ2v) is 1.92. The first kappa shape index (κ1) is 10.9. The van der Waals surface area contributed by atoms with Crippen molar-refractivity contribution in [1.29, 1.82) is 0 Å². The Balaban J connectivity index is 0.00000121. The minimum absolute atomic E-state index is 0. The van der Waals surface area contributed by atoms with Gasteiger partial charge in [-0.05, 0) is 0 Å². The molecule has 1 aromatic rings. The first-order valence-electron chi connectivity index (χ1n) is 3.07. The average molecular weight is 193 g/mol. The maximum Gasteiger partial charge on any atom is 0.329 e. The summed E-state index contributed by atoms with van der Waals surface area (Å²) < 4.78 is 4.75. The van der Waals surface area contributed by atoms with Gasteiger partial charge in [0.25, 0.3) is 0 Å². The summed E-state index contributed by atoms with van der Waals surface area (Å²) in [6.45, 7) is -0.0833. The highest BCUT2D eigenvalue weighted by Gasteiger charge is 1.97. The number of H-pyrrole nitrogens is 1. The molecule has 0 amide bonds. The Labute approximate surface area is 75.2 Å². The molecule has 1 heterocycles. The Morgan fingerprint density at radius 3 is 3.00 bits per heavy atom. The molecule has 6 heteroatoms. The van der Waals surface area contributed by atoms with Crippen molar-refractivity contribution in [2.75, 3.05) is 6.61 Å². The van der Waals surface area contributed by atoms with E-state index >= 15 is 0 Å². The van der Waals surface area contributed by atoms with Gasteiger partial charge in [0, 0.05) is 12.4 Å². The summed E-state index contributed by atoms with van der Waals surface area (Å²) in [5.74, 6) is -0.345. The lowest BCUT2D eigenvalue weighted by Crippen LogP contribution is -2.07. The van der Waals surface area contributed by atoms with Gasteiger partial charge >= 0.3 is 5.97 Å². The number of aliphatic carboxylic acids is 1. The first-order chi connectivity index (χ1) is 5.29. The number of aromatic amines is 1. The summed E-state index contributed by atoms with van der Waals surface area (Å²) in [4.78, 5) is 16.6. The molecule has 2 N–H and O–H groups in total. The van der Waals surface area contributed by atoms with Crippen LogP contribution in [0.3, 0.4) is 0 Å². The molecule has 0 aliphatic carbocycles. The van der Waals surface area contributed by atoms with Crippen LogP contribution >= 0.6 is 12.4 Å². The smallest absolute Gasteiger partial charge is 0.329 e. The number of carbonyl (C=O) groups is 1. The fourth-order valence-corrected chi connectivity index (χ4v) is 0.612. The quantitative estimate of drug-likeness (QED) is 0.726. The Kier molecular flexibility index (Phi) is 5.07. The van der Waals surface area contributed by atoms with Crippen molar-refractivity contribution in [3.63, 3.8) is 0 Å². The van der Waals surface area contributed by atoms with Crippen molar-refractivity contribution >= 4 is 18.4 Å². The lowest BCUT2D eigenvalue weighted by molar-refractivity contribution is -0.142. The van der Waals surface area contributed by atoms with E-state index in [1.165, 1.54) is 0 Å². The number of rotatable bonds is 4. The summed E-state index contributed by atoms with van der Waals surface area (Å²) in [6.07, 6.45) is 3.24. The van der Waals surface area contributed by atoms with Crippen LogP contribution < -0.4 is 0 Å². The van der Waals surface area contributed by atoms with Crippen LogP contribution in [-0.4, -0.2) is 27.7 Å². The van der Waals surface area contributed by atoms with Crippen LogP contribution in [0.15, 0.2) is 12.4 Å². The molecule has 0 fully saturated rings. The van der Waals surface area contributed by atoms with E-state index in [1.807, 2.05) is 0 Å². The van der Waals surface area contributed by atoms with Gasteiger partial charge in [-0.25, -0.2) is 9.78 Å². The number of halogens is 1.